The molecule has 3 aromatic rings. The lowest BCUT2D eigenvalue weighted by Gasteiger charge is -2.31. The molecular weight excluding hydrogens is 414 g/mol. The first-order valence-electron chi connectivity index (χ1n) is 11.7. The van der Waals surface area contributed by atoms with Gasteiger partial charge < -0.3 is 15.0 Å². The summed E-state index contributed by atoms with van der Waals surface area (Å²) in [6.07, 6.45) is 7.17. The fraction of sp³-hybridized carbons (Fsp3) is 0.346. The number of amides is 1. The lowest BCUT2D eigenvalue weighted by Crippen LogP contribution is -2.48. The van der Waals surface area contributed by atoms with Crippen molar-refractivity contribution in [2.45, 2.75) is 32.2 Å². The molecule has 33 heavy (non-hydrogen) atoms. The molecule has 2 aliphatic heterocycles. The van der Waals surface area contributed by atoms with E-state index in [0.717, 1.165) is 68.2 Å². The van der Waals surface area contributed by atoms with Gasteiger partial charge in [-0.05, 0) is 54.8 Å². The predicted molar refractivity (Wildman–Crippen MR) is 128 cm³/mol. The molecule has 2 N–H and O–H groups in total. The molecule has 0 radical (unpaired) electrons. The first kappa shape index (κ1) is 21.4. The van der Waals surface area contributed by atoms with Gasteiger partial charge in [0.2, 0.25) is 11.3 Å². The number of rotatable bonds is 8. The maximum atomic E-state index is 11.2. The van der Waals surface area contributed by atoms with Crippen LogP contribution < -0.4 is 25.2 Å². The molecule has 3 heterocycles. The van der Waals surface area contributed by atoms with E-state index in [0.29, 0.717) is 6.04 Å². The van der Waals surface area contributed by atoms with Crippen molar-refractivity contribution in [2.24, 2.45) is 0 Å². The molecule has 0 aliphatic carbocycles. The van der Waals surface area contributed by atoms with Crippen molar-refractivity contribution in [3.05, 3.63) is 65.3 Å². The van der Waals surface area contributed by atoms with Gasteiger partial charge in [0.25, 0.3) is 0 Å². The molecule has 0 bridgehead atoms. The van der Waals surface area contributed by atoms with E-state index in [1.807, 2.05) is 36.4 Å². The van der Waals surface area contributed by atoms with Gasteiger partial charge in [-0.3, -0.25) is 9.89 Å². The number of nitrogens with zero attached hydrogens (tertiary/aromatic N) is 3. The Kier molecular flexibility index (Phi) is 6.21. The van der Waals surface area contributed by atoms with Gasteiger partial charge in [-0.1, -0.05) is 0 Å². The van der Waals surface area contributed by atoms with Crippen molar-refractivity contribution in [3.63, 3.8) is 0 Å². The van der Waals surface area contributed by atoms with Crippen molar-refractivity contribution >= 4 is 12.1 Å². The summed E-state index contributed by atoms with van der Waals surface area (Å²) >= 11 is 0. The molecule has 170 valence electrons. The number of hydrogen-bond donors (Lipinski definition) is 2. The van der Waals surface area contributed by atoms with Gasteiger partial charge in [-0.2, -0.15) is 9.67 Å². The SMILES string of the molecule is CC(=O)NC1CCN(CCC[N+]2=c3ccc(Oc4ccc(-c5ccn[nH]5)cc4)cc3=C2)CC1. The fourth-order valence-corrected chi connectivity index (χ4v) is 4.63. The van der Waals surface area contributed by atoms with E-state index in [-0.39, 0.29) is 5.91 Å². The molecule has 1 saturated heterocycles. The molecule has 1 aromatic heterocycles. The minimum absolute atomic E-state index is 0.0807. The molecule has 2 aromatic carbocycles. The number of carbonyl (C=O) groups excluding carboxylic acids is 1. The highest BCUT2D eigenvalue weighted by Gasteiger charge is 2.20. The van der Waals surface area contributed by atoms with Crippen molar-refractivity contribution < 1.29 is 9.53 Å². The Morgan fingerprint density at radius 3 is 2.64 bits per heavy atom. The zero-order valence-electron chi connectivity index (χ0n) is 19.0. The third-order valence-electron chi connectivity index (χ3n) is 6.37. The summed E-state index contributed by atoms with van der Waals surface area (Å²) in [5, 5.41) is 12.5. The van der Waals surface area contributed by atoms with E-state index in [4.69, 9.17) is 4.74 Å². The summed E-state index contributed by atoms with van der Waals surface area (Å²) in [6.45, 7) is 5.85. The van der Waals surface area contributed by atoms with Gasteiger partial charge >= 0.3 is 0 Å². The molecule has 5 rings (SSSR count). The first-order valence-corrected chi connectivity index (χ1v) is 11.7. The van der Waals surface area contributed by atoms with Crippen LogP contribution in [0.4, 0.5) is 0 Å². The van der Waals surface area contributed by atoms with Crippen LogP contribution in [0.25, 0.3) is 17.5 Å². The molecule has 1 fully saturated rings. The molecule has 0 saturated carbocycles. The van der Waals surface area contributed by atoms with Gasteiger partial charge in [-0.15, -0.1) is 0 Å². The molecule has 7 heteroatoms. The predicted octanol–water partition coefficient (Wildman–Crippen LogP) is 2.10. The Morgan fingerprint density at radius 1 is 1.15 bits per heavy atom. The second kappa shape index (κ2) is 9.58. The number of ether oxygens (including phenoxy) is 1. The maximum absolute atomic E-state index is 11.2. The van der Waals surface area contributed by atoms with Crippen LogP contribution in [0.15, 0.2) is 54.7 Å². The summed E-state index contributed by atoms with van der Waals surface area (Å²) in [5.41, 5.74) is 2.07. The average Bonchev–Trinajstić information content (AvgIpc) is 3.34. The van der Waals surface area contributed by atoms with Gasteiger partial charge in [0.1, 0.15) is 23.3 Å². The minimum atomic E-state index is 0.0807. The second-order valence-corrected chi connectivity index (χ2v) is 8.81. The molecule has 2 aliphatic rings. The lowest BCUT2D eigenvalue weighted by molar-refractivity contribution is -0.119. The van der Waals surface area contributed by atoms with Crippen LogP contribution in [0, 0.1) is 0 Å². The van der Waals surface area contributed by atoms with E-state index in [9.17, 15) is 4.79 Å². The zero-order chi connectivity index (χ0) is 22.6. The Labute approximate surface area is 193 Å². The monoisotopic (exact) mass is 444 g/mol. The van der Waals surface area contributed by atoms with E-state index < -0.39 is 0 Å². The molecule has 0 unspecified atom stereocenters. The van der Waals surface area contributed by atoms with Crippen molar-refractivity contribution in [3.8, 4) is 22.8 Å². The second-order valence-electron chi connectivity index (χ2n) is 8.81. The van der Waals surface area contributed by atoms with Gasteiger partial charge in [0.05, 0.1) is 5.69 Å². The topological polar surface area (TPSA) is 73.3 Å². The van der Waals surface area contributed by atoms with Crippen LogP contribution in [0.1, 0.15) is 26.2 Å². The van der Waals surface area contributed by atoms with Crippen LogP contribution >= 0.6 is 0 Å². The quantitative estimate of drug-likeness (QED) is 0.522. The van der Waals surface area contributed by atoms with E-state index >= 15 is 0 Å². The number of carbonyl (C=O) groups is 1. The summed E-state index contributed by atoms with van der Waals surface area (Å²) in [6, 6.07) is 16.6. The summed E-state index contributed by atoms with van der Waals surface area (Å²) < 4.78 is 8.37. The Hall–Kier alpha value is -3.45. The molecule has 0 atom stereocenters. The average molecular weight is 445 g/mol. The van der Waals surface area contributed by atoms with Crippen LogP contribution in [-0.4, -0.2) is 53.2 Å². The zero-order valence-corrected chi connectivity index (χ0v) is 19.0. The lowest BCUT2D eigenvalue weighted by atomic mass is 10.0. The summed E-state index contributed by atoms with van der Waals surface area (Å²) in [7, 11) is 0. The number of aromatic amines is 1. The van der Waals surface area contributed by atoms with Gasteiger partial charge in [-0.25, -0.2) is 0 Å². The van der Waals surface area contributed by atoms with Crippen LogP contribution in [0.5, 0.6) is 11.5 Å². The summed E-state index contributed by atoms with van der Waals surface area (Å²) in [5.74, 6) is 1.75. The van der Waals surface area contributed by atoms with Gasteiger partial charge in [0, 0.05) is 57.4 Å². The Balaban J connectivity index is 1.11. The molecular formula is C26H30N5O2+. The van der Waals surface area contributed by atoms with E-state index in [1.165, 1.54) is 10.6 Å². The maximum Gasteiger partial charge on any atom is 0.218 e. The highest BCUT2D eigenvalue weighted by molar-refractivity contribution is 5.73. The Morgan fingerprint density at radius 2 is 1.94 bits per heavy atom. The first-order chi connectivity index (χ1) is 16.1. The number of likely N-dealkylation sites (tertiary alicyclic amines) is 1. The number of hydrogen-bond acceptors (Lipinski definition) is 4. The molecule has 0 spiro atoms. The highest BCUT2D eigenvalue weighted by Crippen LogP contribution is 2.24. The van der Waals surface area contributed by atoms with Crippen LogP contribution in [0.2, 0.25) is 0 Å². The van der Waals surface area contributed by atoms with Crippen molar-refractivity contribution in [2.75, 3.05) is 26.2 Å². The van der Waals surface area contributed by atoms with Crippen molar-refractivity contribution in [1.82, 2.24) is 25.0 Å². The number of piperidine rings is 1. The fourth-order valence-electron chi connectivity index (χ4n) is 4.63. The number of benzene rings is 2. The van der Waals surface area contributed by atoms with Gasteiger partial charge in [0.15, 0.2) is 6.20 Å². The standard InChI is InChI=1S/C26H29N5O2/c1-19(32)28-22-10-15-30(16-11-22)13-2-14-31-18-21-17-24(7-8-26(21)31)33-23-5-3-20(4-6-23)25-9-12-27-29-25/h3-9,12,17-18,22H,2,10-11,13-16H2,1H3,(H-,27,28,29,32)/p+1. The normalized spacial score (nSPS) is 16.0. The third kappa shape index (κ3) is 5.14. The minimum Gasteiger partial charge on any atom is -0.457 e. The van der Waals surface area contributed by atoms with E-state index in [1.54, 1.807) is 13.1 Å². The number of nitrogens with one attached hydrogen (secondary N) is 2. The number of fused-ring (bicyclic) bond motifs is 1. The molecule has 7 nitrogen and oxygen atoms in total. The van der Waals surface area contributed by atoms with Crippen molar-refractivity contribution in [1.29, 1.82) is 0 Å². The highest BCUT2D eigenvalue weighted by atomic mass is 16.5. The third-order valence-corrected chi connectivity index (χ3v) is 6.37. The van der Waals surface area contributed by atoms with E-state index in [2.05, 4.69) is 43.3 Å². The smallest absolute Gasteiger partial charge is 0.218 e. The largest absolute Gasteiger partial charge is 0.457 e. The van der Waals surface area contributed by atoms with Crippen LogP contribution in [0.3, 0.4) is 0 Å². The van der Waals surface area contributed by atoms with Crippen LogP contribution in [-0.2, 0) is 4.79 Å². The Bertz CT molecular complexity index is 1230. The molecule has 1 amide bonds. The number of H-pyrrole nitrogens is 1. The summed E-state index contributed by atoms with van der Waals surface area (Å²) in [4.78, 5) is 13.7. The number of aromatic nitrogens is 2.